The summed E-state index contributed by atoms with van der Waals surface area (Å²) in [5.74, 6) is 0.525. The average molecular weight is 436 g/mol. The fraction of sp³-hybridized carbons (Fsp3) is 0.350. The molecule has 0 atom stereocenters. The predicted molar refractivity (Wildman–Crippen MR) is 103 cm³/mol. The summed E-state index contributed by atoms with van der Waals surface area (Å²) in [6.07, 6.45) is 3.83. The Morgan fingerprint density at radius 1 is 0.958 bits per heavy atom. The van der Waals surface area contributed by atoms with Crippen LogP contribution in [0.1, 0.15) is 29.2 Å². The van der Waals surface area contributed by atoms with E-state index in [1.54, 1.807) is 6.92 Å². The van der Waals surface area contributed by atoms with Gasteiger partial charge < -0.3 is 9.47 Å². The van der Waals surface area contributed by atoms with E-state index >= 15 is 0 Å². The molecule has 0 saturated carbocycles. The molecule has 0 heterocycles. The molecule has 0 unspecified atom stereocenters. The molecule has 4 bridgehead atoms. The molecule has 0 aromatic heterocycles. The number of halogens is 1. The van der Waals surface area contributed by atoms with Crippen LogP contribution < -0.4 is 4.74 Å². The van der Waals surface area contributed by atoms with Crippen molar-refractivity contribution in [2.45, 2.75) is 32.6 Å². The van der Waals surface area contributed by atoms with Crippen LogP contribution in [0.15, 0.2) is 36.4 Å². The second kappa shape index (κ2) is 8.01. The number of aryl methyl sites for hydroxylation is 4. The van der Waals surface area contributed by atoms with Crippen LogP contribution in [0.5, 0.6) is 5.75 Å². The van der Waals surface area contributed by atoms with Gasteiger partial charge in [0.05, 0.1) is 10.2 Å². The number of rotatable bonds is 4. The van der Waals surface area contributed by atoms with Crippen molar-refractivity contribution in [3.05, 3.63) is 62.2 Å². The summed E-state index contributed by atoms with van der Waals surface area (Å²) in [6.45, 7) is 2.15. The first-order valence-corrected chi connectivity index (χ1v) is 9.41. The quantitative estimate of drug-likeness (QED) is 0.535. The summed E-state index contributed by atoms with van der Waals surface area (Å²) < 4.78 is 12.0. The number of benzene rings is 2. The van der Waals surface area contributed by atoms with Gasteiger partial charge in [0.1, 0.15) is 5.75 Å². The van der Waals surface area contributed by atoms with Crippen LogP contribution in [-0.2, 0) is 35.2 Å². The van der Waals surface area contributed by atoms with Gasteiger partial charge in [0.25, 0.3) is 0 Å². The van der Waals surface area contributed by atoms with Gasteiger partial charge in [0, 0.05) is 0 Å². The SMILES string of the molecule is CCOC(=O)COc1c2ccc(c1I)CCc1ccc(cc1)CC2. The molecule has 2 aromatic carbocycles. The Bertz CT molecular complexity index is 722. The number of carbonyl (C=O) groups is 1. The van der Waals surface area contributed by atoms with E-state index in [2.05, 4.69) is 59.0 Å². The van der Waals surface area contributed by atoms with E-state index in [1.807, 2.05) is 0 Å². The lowest BCUT2D eigenvalue weighted by molar-refractivity contribution is -0.145. The minimum atomic E-state index is -0.319. The molecule has 0 aliphatic heterocycles. The Morgan fingerprint density at radius 2 is 1.54 bits per heavy atom. The Balaban J connectivity index is 1.88. The van der Waals surface area contributed by atoms with Gasteiger partial charge in [-0.15, -0.1) is 0 Å². The largest absolute Gasteiger partial charge is 0.480 e. The molecule has 0 spiro atoms. The molecule has 0 fully saturated rings. The number of carbonyl (C=O) groups excluding carboxylic acids is 1. The summed E-state index contributed by atoms with van der Waals surface area (Å²) in [5, 5.41) is 0. The van der Waals surface area contributed by atoms with Crippen molar-refractivity contribution in [1.29, 1.82) is 0 Å². The molecule has 3 nitrogen and oxygen atoms in total. The topological polar surface area (TPSA) is 35.5 Å². The summed E-state index contributed by atoms with van der Waals surface area (Å²) in [5.41, 5.74) is 5.10. The molecule has 0 radical (unpaired) electrons. The third kappa shape index (κ3) is 4.09. The summed E-state index contributed by atoms with van der Waals surface area (Å²) >= 11 is 2.35. The molecule has 0 amide bonds. The number of esters is 1. The summed E-state index contributed by atoms with van der Waals surface area (Å²) in [7, 11) is 0. The van der Waals surface area contributed by atoms with Crippen molar-refractivity contribution < 1.29 is 14.3 Å². The second-order valence-corrected chi connectivity index (χ2v) is 7.02. The Hall–Kier alpha value is -1.56. The fourth-order valence-electron chi connectivity index (χ4n) is 2.95. The lowest BCUT2D eigenvalue weighted by atomic mass is 9.96. The highest BCUT2D eigenvalue weighted by Gasteiger charge is 2.16. The highest BCUT2D eigenvalue weighted by molar-refractivity contribution is 14.1. The normalized spacial score (nSPS) is 13.2. The van der Waals surface area contributed by atoms with Crippen LogP contribution in [0.3, 0.4) is 0 Å². The Morgan fingerprint density at radius 3 is 2.17 bits per heavy atom. The second-order valence-electron chi connectivity index (χ2n) is 5.94. The van der Waals surface area contributed by atoms with Gasteiger partial charge in [-0.1, -0.05) is 36.4 Å². The fourth-order valence-corrected chi connectivity index (χ4v) is 3.90. The van der Waals surface area contributed by atoms with Crippen LogP contribution in [0.2, 0.25) is 0 Å². The van der Waals surface area contributed by atoms with Gasteiger partial charge >= 0.3 is 5.97 Å². The van der Waals surface area contributed by atoms with Gasteiger partial charge in [0.15, 0.2) is 6.61 Å². The van der Waals surface area contributed by atoms with Crippen LogP contribution in [0.4, 0.5) is 0 Å². The molecule has 4 heteroatoms. The third-order valence-electron chi connectivity index (χ3n) is 4.29. The highest BCUT2D eigenvalue weighted by atomic mass is 127. The Labute approximate surface area is 156 Å². The van der Waals surface area contributed by atoms with E-state index in [0.29, 0.717) is 6.61 Å². The van der Waals surface area contributed by atoms with Crippen molar-refractivity contribution in [1.82, 2.24) is 0 Å². The highest BCUT2D eigenvalue weighted by Crippen LogP contribution is 2.31. The zero-order valence-electron chi connectivity index (χ0n) is 13.8. The third-order valence-corrected chi connectivity index (χ3v) is 5.47. The zero-order valence-corrected chi connectivity index (χ0v) is 16.0. The van der Waals surface area contributed by atoms with Crippen molar-refractivity contribution in [3.63, 3.8) is 0 Å². The van der Waals surface area contributed by atoms with Crippen LogP contribution in [-0.4, -0.2) is 19.2 Å². The van der Waals surface area contributed by atoms with Crippen molar-refractivity contribution in [2.24, 2.45) is 0 Å². The first-order valence-electron chi connectivity index (χ1n) is 8.34. The number of hydrogen-bond acceptors (Lipinski definition) is 3. The average Bonchev–Trinajstić information content (AvgIpc) is 2.57. The van der Waals surface area contributed by atoms with Crippen LogP contribution in [0.25, 0.3) is 0 Å². The van der Waals surface area contributed by atoms with Crippen molar-refractivity contribution >= 4 is 28.6 Å². The van der Waals surface area contributed by atoms with E-state index in [4.69, 9.17) is 9.47 Å². The smallest absolute Gasteiger partial charge is 0.344 e. The Kier molecular flexibility index (Phi) is 5.76. The molecule has 4 aliphatic rings. The molecule has 0 N–H and O–H groups in total. The van der Waals surface area contributed by atoms with Gasteiger partial charge in [-0.3, -0.25) is 0 Å². The van der Waals surface area contributed by atoms with Crippen molar-refractivity contribution in [2.75, 3.05) is 13.2 Å². The van der Waals surface area contributed by atoms with Crippen LogP contribution >= 0.6 is 22.6 Å². The predicted octanol–water partition coefficient (Wildman–Crippen LogP) is 4.12. The van der Waals surface area contributed by atoms with Crippen molar-refractivity contribution in [3.8, 4) is 5.75 Å². The minimum Gasteiger partial charge on any atom is -0.480 e. The zero-order chi connectivity index (χ0) is 16.9. The van der Waals surface area contributed by atoms with Gasteiger partial charge in [-0.05, 0) is 77.5 Å². The first kappa shape index (κ1) is 17.3. The van der Waals surface area contributed by atoms with Gasteiger partial charge in [-0.2, -0.15) is 0 Å². The minimum absolute atomic E-state index is 0.0337. The molecule has 24 heavy (non-hydrogen) atoms. The van der Waals surface area contributed by atoms with E-state index < -0.39 is 0 Å². The van der Waals surface area contributed by atoms with E-state index in [1.165, 1.54) is 16.7 Å². The molecule has 4 aliphatic carbocycles. The summed E-state index contributed by atoms with van der Waals surface area (Å²) in [6, 6.07) is 13.2. The molecular weight excluding hydrogens is 415 g/mol. The lowest BCUT2D eigenvalue weighted by Gasteiger charge is -2.17. The standard InChI is InChI=1S/C20H21IO3/c1-2-23-18(22)13-24-20-17-10-8-15-5-3-14(4-6-15)7-9-16(11-12-17)19(20)21/h3-6,11-12H,2,7-10,13H2,1H3. The van der Waals surface area contributed by atoms with E-state index in [-0.39, 0.29) is 12.6 Å². The first-order chi connectivity index (χ1) is 11.7. The number of hydrogen-bond donors (Lipinski definition) is 0. The molecule has 126 valence electrons. The molecular formula is C20H21IO3. The molecule has 6 rings (SSSR count). The monoisotopic (exact) mass is 436 g/mol. The maximum absolute atomic E-state index is 11.6. The van der Waals surface area contributed by atoms with Crippen LogP contribution in [0, 0.1) is 3.57 Å². The lowest BCUT2D eigenvalue weighted by Crippen LogP contribution is -2.16. The van der Waals surface area contributed by atoms with Gasteiger partial charge in [0.2, 0.25) is 0 Å². The van der Waals surface area contributed by atoms with Gasteiger partial charge in [-0.25, -0.2) is 4.79 Å². The molecule has 0 saturated heterocycles. The van der Waals surface area contributed by atoms with E-state index in [0.717, 1.165) is 40.6 Å². The summed E-state index contributed by atoms with van der Waals surface area (Å²) in [4.78, 5) is 11.6. The number of ether oxygens (including phenoxy) is 2. The maximum atomic E-state index is 11.6. The molecule has 2 aromatic rings. The van der Waals surface area contributed by atoms with E-state index in [9.17, 15) is 4.79 Å². The maximum Gasteiger partial charge on any atom is 0.344 e.